The Morgan fingerprint density at radius 2 is 1.62 bits per heavy atom. The topological polar surface area (TPSA) is 52.9 Å². The fourth-order valence-electron chi connectivity index (χ4n) is 5.46. The molecule has 1 aliphatic heterocycles. The first-order valence-corrected chi connectivity index (χ1v) is 13.5. The number of nitrogens with one attached hydrogen (secondary N) is 1. The summed E-state index contributed by atoms with van der Waals surface area (Å²) < 4.78 is 2.20. The lowest BCUT2D eigenvalue weighted by molar-refractivity contribution is 0.191. The Morgan fingerprint density at radius 1 is 0.872 bits per heavy atom. The van der Waals surface area contributed by atoms with E-state index in [2.05, 4.69) is 76.6 Å². The maximum absolute atomic E-state index is 13.2. The van der Waals surface area contributed by atoms with Crippen molar-refractivity contribution in [3.63, 3.8) is 0 Å². The highest BCUT2D eigenvalue weighted by Gasteiger charge is 2.28. The van der Waals surface area contributed by atoms with Crippen molar-refractivity contribution in [3.8, 4) is 22.4 Å². The molecule has 0 unspecified atom stereocenters. The number of fused-ring (bicyclic) bond motifs is 1. The van der Waals surface area contributed by atoms with Crippen LogP contribution in [-0.2, 0) is 0 Å². The fourth-order valence-corrected chi connectivity index (χ4v) is 5.46. The maximum Gasteiger partial charge on any atom is 0.321 e. The molecule has 0 radical (unpaired) electrons. The SMILES string of the molecule is CN(C)c1ccc(NC(=O)N2CCC[C@@H](c3nc(-c4cccc(-c5ccccc5)c4)c4ccccn34)C2)cc1. The lowest BCUT2D eigenvalue weighted by Gasteiger charge is -2.32. The zero-order chi connectivity index (χ0) is 26.8. The van der Waals surface area contributed by atoms with Crippen LogP contribution in [0.3, 0.4) is 0 Å². The van der Waals surface area contributed by atoms with Crippen LogP contribution in [0, 0.1) is 0 Å². The minimum absolute atomic E-state index is 0.0612. The summed E-state index contributed by atoms with van der Waals surface area (Å²) in [5.74, 6) is 1.17. The summed E-state index contributed by atoms with van der Waals surface area (Å²) in [5, 5.41) is 3.08. The number of nitrogens with zero attached hydrogens (tertiary/aromatic N) is 4. The number of carbonyl (C=O) groups is 1. The average molecular weight is 516 g/mol. The van der Waals surface area contributed by atoms with Crippen LogP contribution in [0.1, 0.15) is 24.6 Å². The highest BCUT2D eigenvalue weighted by molar-refractivity contribution is 5.89. The molecule has 0 spiro atoms. The van der Waals surface area contributed by atoms with Gasteiger partial charge in [0.25, 0.3) is 0 Å². The quantitative estimate of drug-likeness (QED) is 0.271. The van der Waals surface area contributed by atoms with Crippen LogP contribution < -0.4 is 10.2 Å². The molecule has 1 aliphatic rings. The first-order chi connectivity index (χ1) is 19.1. The van der Waals surface area contributed by atoms with E-state index in [-0.39, 0.29) is 11.9 Å². The smallest absolute Gasteiger partial charge is 0.321 e. The summed E-state index contributed by atoms with van der Waals surface area (Å²) in [7, 11) is 4.01. The van der Waals surface area contributed by atoms with Gasteiger partial charge >= 0.3 is 6.03 Å². The number of likely N-dealkylation sites (tertiary alicyclic amines) is 1. The Bertz CT molecular complexity index is 1590. The van der Waals surface area contributed by atoms with Crippen molar-refractivity contribution in [1.82, 2.24) is 14.3 Å². The molecular formula is C33H33N5O. The predicted molar refractivity (Wildman–Crippen MR) is 159 cm³/mol. The highest BCUT2D eigenvalue weighted by Crippen LogP contribution is 2.34. The third kappa shape index (κ3) is 5.10. The molecule has 5 aromatic rings. The van der Waals surface area contributed by atoms with Crippen molar-refractivity contribution in [2.75, 3.05) is 37.4 Å². The molecule has 0 saturated carbocycles. The maximum atomic E-state index is 13.2. The second kappa shape index (κ2) is 10.7. The number of hydrogen-bond acceptors (Lipinski definition) is 3. The second-order valence-corrected chi connectivity index (χ2v) is 10.4. The van der Waals surface area contributed by atoms with Gasteiger partial charge in [-0.15, -0.1) is 0 Å². The van der Waals surface area contributed by atoms with Crippen molar-refractivity contribution in [1.29, 1.82) is 0 Å². The van der Waals surface area contributed by atoms with E-state index >= 15 is 0 Å². The molecule has 39 heavy (non-hydrogen) atoms. The zero-order valence-corrected chi connectivity index (χ0v) is 22.4. The molecule has 6 rings (SSSR count). The number of amides is 2. The van der Waals surface area contributed by atoms with E-state index in [1.54, 1.807) is 0 Å². The van der Waals surface area contributed by atoms with Gasteiger partial charge in [-0.05, 0) is 66.4 Å². The third-order valence-corrected chi connectivity index (χ3v) is 7.53. The number of carbonyl (C=O) groups excluding carboxylic acids is 1. The molecule has 2 aromatic heterocycles. The normalized spacial score (nSPS) is 15.3. The van der Waals surface area contributed by atoms with E-state index in [4.69, 9.17) is 4.98 Å². The van der Waals surface area contributed by atoms with Crippen molar-refractivity contribution < 1.29 is 4.79 Å². The number of aromatic nitrogens is 2. The van der Waals surface area contributed by atoms with Gasteiger partial charge in [-0.2, -0.15) is 0 Å². The van der Waals surface area contributed by atoms with Crippen molar-refractivity contribution in [3.05, 3.63) is 109 Å². The zero-order valence-electron chi connectivity index (χ0n) is 22.4. The number of urea groups is 1. The highest BCUT2D eigenvalue weighted by atomic mass is 16.2. The number of piperidine rings is 1. The molecule has 1 atom stereocenters. The molecule has 2 amide bonds. The Balaban J connectivity index is 1.26. The number of anilines is 2. The Morgan fingerprint density at radius 3 is 2.41 bits per heavy atom. The van der Waals surface area contributed by atoms with Crippen molar-refractivity contribution in [2.24, 2.45) is 0 Å². The van der Waals surface area contributed by atoms with Gasteiger partial charge < -0.3 is 19.5 Å². The van der Waals surface area contributed by atoms with Gasteiger partial charge in [0.1, 0.15) is 5.82 Å². The first kappa shape index (κ1) is 24.7. The van der Waals surface area contributed by atoms with E-state index in [1.165, 1.54) is 11.1 Å². The molecule has 196 valence electrons. The van der Waals surface area contributed by atoms with Gasteiger partial charge in [0.05, 0.1) is 11.2 Å². The molecule has 3 aromatic carbocycles. The van der Waals surface area contributed by atoms with Crippen LogP contribution in [0.4, 0.5) is 16.2 Å². The average Bonchev–Trinajstić information content (AvgIpc) is 3.38. The molecule has 0 bridgehead atoms. The summed E-state index contributed by atoms with van der Waals surface area (Å²) in [5.41, 5.74) is 7.42. The van der Waals surface area contributed by atoms with Crippen LogP contribution in [-0.4, -0.2) is 47.5 Å². The Kier molecular flexibility index (Phi) is 6.76. The fraction of sp³-hybridized carbons (Fsp3) is 0.212. The van der Waals surface area contributed by atoms with E-state index in [1.807, 2.05) is 60.3 Å². The summed E-state index contributed by atoms with van der Waals surface area (Å²) in [6, 6.07) is 33.1. The lowest BCUT2D eigenvalue weighted by Crippen LogP contribution is -2.42. The number of benzene rings is 3. The molecule has 6 heteroatoms. The third-order valence-electron chi connectivity index (χ3n) is 7.53. The van der Waals surface area contributed by atoms with E-state index in [9.17, 15) is 4.79 Å². The van der Waals surface area contributed by atoms with Gasteiger partial charge in [0, 0.05) is 56.2 Å². The van der Waals surface area contributed by atoms with Gasteiger partial charge in [0.2, 0.25) is 0 Å². The molecular weight excluding hydrogens is 482 g/mol. The minimum atomic E-state index is -0.0612. The molecule has 1 fully saturated rings. The van der Waals surface area contributed by atoms with Crippen LogP contribution in [0.5, 0.6) is 0 Å². The second-order valence-electron chi connectivity index (χ2n) is 10.4. The monoisotopic (exact) mass is 515 g/mol. The van der Waals surface area contributed by atoms with E-state index < -0.39 is 0 Å². The molecule has 6 nitrogen and oxygen atoms in total. The molecule has 3 heterocycles. The summed E-state index contributed by atoms with van der Waals surface area (Å²) >= 11 is 0. The van der Waals surface area contributed by atoms with Gasteiger partial charge in [-0.3, -0.25) is 0 Å². The standard InChI is InChI=1S/C33H33N5O/c1-36(2)29-18-16-28(17-19-29)34-33(39)37-20-9-14-27(23-37)32-35-31(30-15-6-7-21-38(30)32)26-13-8-12-25(22-26)24-10-4-3-5-11-24/h3-8,10-13,15-19,21-22,27H,9,14,20,23H2,1-2H3,(H,34,39)/t27-/m1/s1. The van der Waals surface area contributed by atoms with Crippen molar-refractivity contribution in [2.45, 2.75) is 18.8 Å². The summed E-state index contributed by atoms with van der Waals surface area (Å²) in [4.78, 5) is 22.4. The molecule has 0 aliphatic carbocycles. The summed E-state index contributed by atoms with van der Waals surface area (Å²) in [6.45, 7) is 1.38. The van der Waals surface area contributed by atoms with E-state index in [0.29, 0.717) is 6.54 Å². The lowest BCUT2D eigenvalue weighted by atomic mass is 9.97. The Hall–Kier alpha value is -4.58. The minimum Gasteiger partial charge on any atom is -0.378 e. The molecule has 1 N–H and O–H groups in total. The number of hydrogen-bond donors (Lipinski definition) is 1. The van der Waals surface area contributed by atoms with E-state index in [0.717, 1.165) is 53.4 Å². The number of imidazole rings is 1. The van der Waals surface area contributed by atoms with Crippen LogP contribution >= 0.6 is 0 Å². The van der Waals surface area contributed by atoms with Crippen LogP contribution in [0.15, 0.2) is 103 Å². The first-order valence-electron chi connectivity index (χ1n) is 13.5. The summed E-state index contributed by atoms with van der Waals surface area (Å²) in [6.07, 6.45) is 4.03. The van der Waals surface area contributed by atoms with Crippen LogP contribution in [0.2, 0.25) is 0 Å². The Labute approximate surface area is 229 Å². The van der Waals surface area contributed by atoms with Gasteiger partial charge in [-0.1, -0.05) is 54.6 Å². The number of pyridine rings is 1. The number of rotatable bonds is 5. The molecule has 1 saturated heterocycles. The largest absolute Gasteiger partial charge is 0.378 e. The van der Waals surface area contributed by atoms with Gasteiger partial charge in [0.15, 0.2) is 0 Å². The van der Waals surface area contributed by atoms with Crippen molar-refractivity contribution >= 4 is 22.9 Å². The predicted octanol–water partition coefficient (Wildman–Crippen LogP) is 7.15. The van der Waals surface area contributed by atoms with Gasteiger partial charge in [-0.25, -0.2) is 9.78 Å². The van der Waals surface area contributed by atoms with Crippen LogP contribution in [0.25, 0.3) is 27.9 Å².